The maximum atomic E-state index is 12.3. The zero-order valence-electron chi connectivity index (χ0n) is 10.9. The van der Waals surface area contributed by atoms with Crippen LogP contribution >= 0.6 is 0 Å². The molecule has 102 valence electrons. The van der Waals surface area contributed by atoms with E-state index in [1.165, 1.54) is 0 Å². The van der Waals surface area contributed by atoms with E-state index in [4.69, 9.17) is 4.52 Å². The first-order valence-corrected chi connectivity index (χ1v) is 6.70. The number of aromatic nitrogens is 1. The van der Waals surface area contributed by atoms with Crippen molar-refractivity contribution in [3.63, 3.8) is 0 Å². The molecule has 0 aromatic carbocycles. The molecule has 2 aliphatic rings. The van der Waals surface area contributed by atoms with Gasteiger partial charge in [-0.1, -0.05) is 5.16 Å². The molecule has 1 atom stereocenters. The fourth-order valence-corrected chi connectivity index (χ4v) is 2.42. The summed E-state index contributed by atoms with van der Waals surface area (Å²) in [5.74, 6) is 0.348. The lowest BCUT2D eigenvalue weighted by molar-refractivity contribution is -0.125. The Hall–Kier alpha value is -1.85. The fraction of sp³-hybridized carbons (Fsp3) is 0.615. The van der Waals surface area contributed by atoms with Crippen molar-refractivity contribution in [1.82, 2.24) is 15.4 Å². The number of nitrogens with one attached hydrogen (secondary N) is 1. The number of carbonyl (C=O) groups is 2. The number of aryl methyl sites for hydroxylation is 1. The molecule has 1 aliphatic heterocycles. The van der Waals surface area contributed by atoms with Crippen LogP contribution in [0.3, 0.4) is 0 Å². The molecule has 0 unspecified atom stereocenters. The van der Waals surface area contributed by atoms with Gasteiger partial charge in [0.2, 0.25) is 5.91 Å². The van der Waals surface area contributed by atoms with Crippen molar-refractivity contribution in [2.45, 2.75) is 44.7 Å². The maximum absolute atomic E-state index is 12.3. The van der Waals surface area contributed by atoms with Gasteiger partial charge in [-0.15, -0.1) is 0 Å². The average Bonchev–Trinajstić information content (AvgIpc) is 2.92. The normalized spacial score (nSPS) is 22.6. The van der Waals surface area contributed by atoms with Crippen molar-refractivity contribution >= 4 is 11.8 Å². The molecule has 6 nitrogen and oxygen atoms in total. The second-order valence-electron chi connectivity index (χ2n) is 5.26. The zero-order chi connectivity index (χ0) is 13.4. The SMILES string of the molecule is Cc1cc(C(=O)N2CCC[C@@H]2C(=O)NC2CC2)no1. The van der Waals surface area contributed by atoms with Gasteiger partial charge >= 0.3 is 0 Å². The van der Waals surface area contributed by atoms with Gasteiger partial charge in [0.1, 0.15) is 11.8 Å². The quantitative estimate of drug-likeness (QED) is 0.877. The predicted molar refractivity (Wildman–Crippen MR) is 66.5 cm³/mol. The highest BCUT2D eigenvalue weighted by molar-refractivity contribution is 5.96. The summed E-state index contributed by atoms with van der Waals surface area (Å²) >= 11 is 0. The monoisotopic (exact) mass is 263 g/mol. The van der Waals surface area contributed by atoms with E-state index in [1.54, 1.807) is 17.9 Å². The molecule has 2 amide bonds. The molecule has 2 heterocycles. The fourth-order valence-electron chi connectivity index (χ4n) is 2.42. The highest BCUT2D eigenvalue weighted by Gasteiger charge is 2.37. The molecular formula is C13H17N3O3. The number of likely N-dealkylation sites (tertiary alicyclic amines) is 1. The molecule has 1 aromatic rings. The minimum absolute atomic E-state index is 0.0337. The number of hydrogen-bond donors (Lipinski definition) is 1. The highest BCUT2D eigenvalue weighted by Crippen LogP contribution is 2.23. The van der Waals surface area contributed by atoms with E-state index in [9.17, 15) is 9.59 Å². The van der Waals surface area contributed by atoms with Crippen LogP contribution in [0.5, 0.6) is 0 Å². The van der Waals surface area contributed by atoms with Gasteiger partial charge in [-0.25, -0.2) is 0 Å². The van der Waals surface area contributed by atoms with Gasteiger partial charge in [-0.2, -0.15) is 0 Å². The summed E-state index contributed by atoms with van der Waals surface area (Å²) in [6, 6.07) is 1.57. The van der Waals surface area contributed by atoms with Crippen molar-refractivity contribution in [3.05, 3.63) is 17.5 Å². The Morgan fingerprint density at radius 3 is 2.84 bits per heavy atom. The lowest BCUT2D eigenvalue weighted by Crippen LogP contribution is -2.46. The summed E-state index contributed by atoms with van der Waals surface area (Å²) in [6.45, 7) is 2.35. The van der Waals surface area contributed by atoms with E-state index in [-0.39, 0.29) is 23.6 Å². The summed E-state index contributed by atoms with van der Waals surface area (Å²) in [5, 5.41) is 6.69. The minimum Gasteiger partial charge on any atom is -0.361 e. The molecule has 1 aromatic heterocycles. The van der Waals surface area contributed by atoms with Gasteiger partial charge in [-0.05, 0) is 32.6 Å². The summed E-state index contributed by atoms with van der Waals surface area (Å²) in [5.41, 5.74) is 0.281. The Kier molecular flexibility index (Phi) is 3.00. The zero-order valence-corrected chi connectivity index (χ0v) is 10.9. The number of nitrogens with zero attached hydrogens (tertiary/aromatic N) is 2. The van der Waals surface area contributed by atoms with E-state index in [2.05, 4.69) is 10.5 Å². The number of rotatable bonds is 3. The number of hydrogen-bond acceptors (Lipinski definition) is 4. The third kappa shape index (κ3) is 2.47. The minimum atomic E-state index is -0.356. The molecule has 1 saturated carbocycles. The Bertz CT molecular complexity index is 507. The molecule has 1 aliphatic carbocycles. The van der Waals surface area contributed by atoms with E-state index >= 15 is 0 Å². The first kappa shape index (κ1) is 12.2. The summed E-state index contributed by atoms with van der Waals surface area (Å²) in [4.78, 5) is 26.0. The van der Waals surface area contributed by atoms with Crippen LogP contribution in [-0.2, 0) is 4.79 Å². The molecule has 1 saturated heterocycles. The number of carbonyl (C=O) groups excluding carboxylic acids is 2. The largest absolute Gasteiger partial charge is 0.361 e. The van der Waals surface area contributed by atoms with E-state index in [0.717, 1.165) is 25.7 Å². The van der Waals surface area contributed by atoms with Crippen molar-refractivity contribution in [2.24, 2.45) is 0 Å². The first-order valence-electron chi connectivity index (χ1n) is 6.70. The Balaban J connectivity index is 1.71. The van der Waals surface area contributed by atoms with Crippen LogP contribution < -0.4 is 5.32 Å². The van der Waals surface area contributed by atoms with Gasteiger partial charge in [0.15, 0.2) is 5.69 Å². The Morgan fingerprint density at radius 1 is 1.42 bits per heavy atom. The molecule has 0 radical (unpaired) electrons. The summed E-state index contributed by atoms with van der Waals surface area (Å²) in [6.07, 6.45) is 3.68. The first-order chi connectivity index (χ1) is 9.15. The average molecular weight is 263 g/mol. The van der Waals surface area contributed by atoms with Crippen LogP contribution in [0, 0.1) is 6.92 Å². The van der Waals surface area contributed by atoms with Gasteiger partial charge in [-0.3, -0.25) is 9.59 Å². The molecule has 2 fully saturated rings. The van der Waals surface area contributed by atoms with Crippen LogP contribution in [0.15, 0.2) is 10.6 Å². The molecule has 0 spiro atoms. The Morgan fingerprint density at radius 2 is 2.21 bits per heavy atom. The summed E-state index contributed by atoms with van der Waals surface area (Å²) < 4.78 is 4.92. The van der Waals surface area contributed by atoms with Crippen molar-refractivity contribution in [3.8, 4) is 0 Å². The molecule has 19 heavy (non-hydrogen) atoms. The molecule has 0 bridgehead atoms. The van der Waals surface area contributed by atoms with Gasteiger partial charge in [0.05, 0.1) is 0 Å². The Labute approximate surface area is 111 Å². The molecular weight excluding hydrogens is 246 g/mol. The van der Waals surface area contributed by atoms with Crippen molar-refractivity contribution in [1.29, 1.82) is 0 Å². The van der Waals surface area contributed by atoms with Crippen LogP contribution in [0.1, 0.15) is 41.9 Å². The van der Waals surface area contributed by atoms with E-state index in [0.29, 0.717) is 18.3 Å². The summed E-state index contributed by atoms with van der Waals surface area (Å²) in [7, 11) is 0. The van der Waals surface area contributed by atoms with Gasteiger partial charge in [0, 0.05) is 18.7 Å². The second kappa shape index (κ2) is 4.68. The van der Waals surface area contributed by atoms with E-state index in [1.807, 2.05) is 0 Å². The maximum Gasteiger partial charge on any atom is 0.276 e. The predicted octanol–water partition coefficient (Wildman–Crippen LogP) is 0.866. The van der Waals surface area contributed by atoms with Crippen LogP contribution in [0.25, 0.3) is 0 Å². The molecule has 6 heteroatoms. The smallest absolute Gasteiger partial charge is 0.276 e. The van der Waals surface area contributed by atoms with Crippen LogP contribution in [-0.4, -0.2) is 40.5 Å². The highest BCUT2D eigenvalue weighted by atomic mass is 16.5. The van der Waals surface area contributed by atoms with Crippen molar-refractivity contribution < 1.29 is 14.1 Å². The standard InChI is InChI=1S/C13H17N3O3/c1-8-7-10(15-19-8)13(18)16-6-2-3-11(16)12(17)14-9-4-5-9/h7,9,11H,2-6H2,1H3,(H,14,17)/t11-/m1/s1. The lowest BCUT2D eigenvalue weighted by Gasteiger charge is -2.22. The van der Waals surface area contributed by atoms with Crippen molar-refractivity contribution in [2.75, 3.05) is 6.54 Å². The second-order valence-corrected chi connectivity index (χ2v) is 5.26. The van der Waals surface area contributed by atoms with E-state index < -0.39 is 0 Å². The van der Waals surface area contributed by atoms with Crippen LogP contribution in [0.2, 0.25) is 0 Å². The van der Waals surface area contributed by atoms with Gasteiger partial charge < -0.3 is 14.7 Å². The third-order valence-corrected chi connectivity index (χ3v) is 3.59. The molecule has 1 N–H and O–H groups in total. The van der Waals surface area contributed by atoms with Gasteiger partial charge in [0.25, 0.3) is 5.91 Å². The van der Waals surface area contributed by atoms with Crippen LogP contribution in [0.4, 0.5) is 0 Å². The number of amides is 2. The third-order valence-electron chi connectivity index (χ3n) is 3.59. The lowest BCUT2D eigenvalue weighted by atomic mass is 10.2. The molecule has 3 rings (SSSR count). The topological polar surface area (TPSA) is 75.4 Å².